The maximum Gasteiger partial charge on any atom is 0.237 e. The van der Waals surface area contributed by atoms with Crippen LogP contribution in [0.4, 0.5) is 5.69 Å². The van der Waals surface area contributed by atoms with Crippen LogP contribution < -0.4 is 9.64 Å². The van der Waals surface area contributed by atoms with E-state index < -0.39 is 5.41 Å². The quantitative estimate of drug-likeness (QED) is 0.813. The first kappa shape index (κ1) is 19.0. The first-order valence-electron chi connectivity index (χ1n) is 9.07. The van der Waals surface area contributed by atoms with Crippen LogP contribution in [0.25, 0.3) is 0 Å². The monoisotopic (exact) mass is 366 g/mol. The first-order valence-corrected chi connectivity index (χ1v) is 9.07. The van der Waals surface area contributed by atoms with Gasteiger partial charge in [0.15, 0.2) is 0 Å². The van der Waals surface area contributed by atoms with E-state index in [0.29, 0.717) is 5.75 Å². The molecule has 27 heavy (non-hydrogen) atoms. The van der Waals surface area contributed by atoms with Crippen molar-refractivity contribution in [2.75, 3.05) is 26.1 Å². The van der Waals surface area contributed by atoms with Gasteiger partial charge in [-0.05, 0) is 43.2 Å². The summed E-state index contributed by atoms with van der Waals surface area (Å²) >= 11 is 0. The lowest BCUT2D eigenvalue weighted by atomic mass is 9.80. The Bertz CT molecular complexity index is 865. The van der Waals surface area contributed by atoms with Crippen molar-refractivity contribution in [3.63, 3.8) is 0 Å². The summed E-state index contributed by atoms with van der Waals surface area (Å²) in [6.45, 7) is 3.84. The Balaban J connectivity index is 1.88. The number of anilines is 1. The van der Waals surface area contributed by atoms with Gasteiger partial charge in [0.2, 0.25) is 11.8 Å². The van der Waals surface area contributed by atoms with Gasteiger partial charge in [-0.15, -0.1) is 0 Å². The van der Waals surface area contributed by atoms with E-state index in [0.717, 1.165) is 16.8 Å². The van der Waals surface area contributed by atoms with Gasteiger partial charge in [0.05, 0.1) is 18.6 Å². The number of carbonyl (C=O) groups is 2. The van der Waals surface area contributed by atoms with Gasteiger partial charge in [0.25, 0.3) is 0 Å². The molecule has 0 fully saturated rings. The number of hydrogen-bond acceptors (Lipinski definition) is 3. The van der Waals surface area contributed by atoms with E-state index in [1.54, 1.807) is 31.0 Å². The second-order valence-corrected chi connectivity index (χ2v) is 7.35. The van der Waals surface area contributed by atoms with Crippen molar-refractivity contribution in [3.05, 3.63) is 59.7 Å². The molecule has 0 spiro atoms. The van der Waals surface area contributed by atoms with E-state index in [2.05, 4.69) is 0 Å². The molecular formula is C22H26N2O3. The molecule has 0 radical (unpaired) electrons. The number of fused-ring (bicyclic) bond motifs is 1. The number of carbonyl (C=O) groups excluding carboxylic acids is 2. The van der Waals surface area contributed by atoms with Crippen LogP contribution in [-0.2, 0) is 15.0 Å². The summed E-state index contributed by atoms with van der Waals surface area (Å²) in [5, 5.41) is 0. The molecule has 0 saturated heterocycles. The van der Waals surface area contributed by atoms with Crippen LogP contribution in [-0.4, -0.2) is 37.9 Å². The first-order chi connectivity index (χ1) is 12.8. The van der Waals surface area contributed by atoms with Crippen molar-refractivity contribution >= 4 is 17.5 Å². The molecule has 2 aromatic carbocycles. The van der Waals surface area contributed by atoms with Crippen LogP contribution in [0, 0.1) is 0 Å². The molecule has 5 heteroatoms. The summed E-state index contributed by atoms with van der Waals surface area (Å²) in [4.78, 5) is 29.4. The molecule has 1 aliphatic heterocycles. The van der Waals surface area contributed by atoms with Crippen molar-refractivity contribution in [1.82, 2.24) is 4.90 Å². The second-order valence-electron chi connectivity index (χ2n) is 7.35. The fraction of sp³-hybridized carbons (Fsp3) is 0.364. The zero-order chi connectivity index (χ0) is 19.8. The van der Waals surface area contributed by atoms with Gasteiger partial charge in [0.1, 0.15) is 5.75 Å². The molecule has 0 aliphatic carbocycles. The van der Waals surface area contributed by atoms with E-state index >= 15 is 0 Å². The molecule has 0 aromatic heterocycles. The summed E-state index contributed by atoms with van der Waals surface area (Å²) in [6.07, 6.45) is 0.115. The lowest BCUT2D eigenvalue weighted by Gasteiger charge is -2.30. The SMILES string of the molecule is COc1ccc2c(c1)[C@](C)(CC(=O)N(C)[C@@H](C)c1ccccc1)C(=O)N2C. The Kier molecular flexibility index (Phi) is 4.96. The Morgan fingerprint density at radius 3 is 2.52 bits per heavy atom. The van der Waals surface area contributed by atoms with Crippen LogP contribution in [0.3, 0.4) is 0 Å². The summed E-state index contributed by atoms with van der Waals surface area (Å²) in [5.74, 6) is 0.549. The van der Waals surface area contributed by atoms with Crippen molar-refractivity contribution in [3.8, 4) is 5.75 Å². The van der Waals surface area contributed by atoms with Crippen LogP contribution >= 0.6 is 0 Å². The van der Waals surface area contributed by atoms with Crippen molar-refractivity contribution < 1.29 is 14.3 Å². The average Bonchev–Trinajstić information content (AvgIpc) is 2.88. The molecular weight excluding hydrogens is 340 g/mol. The number of hydrogen-bond donors (Lipinski definition) is 0. The Hall–Kier alpha value is -2.82. The largest absolute Gasteiger partial charge is 0.497 e. The van der Waals surface area contributed by atoms with E-state index in [9.17, 15) is 9.59 Å². The summed E-state index contributed by atoms with van der Waals surface area (Å²) in [6, 6.07) is 15.4. The van der Waals surface area contributed by atoms with Gasteiger partial charge in [0, 0.05) is 26.2 Å². The van der Waals surface area contributed by atoms with Crippen LogP contribution in [0.2, 0.25) is 0 Å². The predicted molar refractivity (Wildman–Crippen MR) is 106 cm³/mol. The van der Waals surface area contributed by atoms with Crippen LogP contribution in [0.15, 0.2) is 48.5 Å². The number of likely N-dealkylation sites (N-methyl/N-ethyl adjacent to an activating group) is 1. The highest BCUT2D eigenvalue weighted by Crippen LogP contribution is 2.45. The summed E-state index contributed by atoms with van der Waals surface area (Å²) in [5.41, 5.74) is 1.83. The number of benzene rings is 2. The summed E-state index contributed by atoms with van der Waals surface area (Å²) in [7, 11) is 5.14. The number of ether oxygens (including phenoxy) is 1. The molecule has 142 valence electrons. The molecule has 0 unspecified atom stereocenters. The maximum absolute atomic E-state index is 13.1. The Morgan fingerprint density at radius 1 is 1.22 bits per heavy atom. The minimum atomic E-state index is -0.902. The molecule has 0 saturated carbocycles. The van der Waals surface area contributed by atoms with Gasteiger partial charge in [-0.25, -0.2) is 0 Å². The van der Waals surface area contributed by atoms with Gasteiger partial charge in [-0.3, -0.25) is 9.59 Å². The second kappa shape index (κ2) is 7.06. The molecule has 2 atom stereocenters. The minimum absolute atomic E-state index is 0.0636. The van der Waals surface area contributed by atoms with Crippen LogP contribution in [0.1, 0.15) is 37.4 Å². The maximum atomic E-state index is 13.1. The lowest BCUT2D eigenvalue weighted by molar-refractivity contribution is -0.136. The van der Waals surface area contributed by atoms with E-state index in [-0.39, 0.29) is 24.3 Å². The third-order valence-electron chi connectivity index (χ3n) is 5.70. The Labute approximate surface area is 160 Å². The number of nitrogens with zero attached hydrogens (tertiary/aromatic N) is 2. The van der Waals surface area contributed by atoms with Gasteiger partial charge in [-0.1, -0.05) is 30.3 Å². The van der Waals surface area contributed by atoms with E-state index in [4.69, 9.17) is 4.74 Å². The highest BCUT2D eigenvalue weighted by molar-refractivity contribution is 6.09. The fourth-order valence-corrected chi connectivity index (χ4v) is 3.74. The normalized spacial score (nSPS) is 19.6. The zero-order valence-electron chi connectivity index (χ0n) is 16.5. The highest BCUT2D eigenvalue weighted by Gasteiger charge is 2.48. The molecule has 1 heterocycles. The highest BCUT2D eigenvalue weighted by atomic mass is 16.5. The molecule has 0 bridgehead atoms. The predicted octanol–water partition coefficient (Wildman–Crippen LogP) is 3.54. The average molecular weight is 366 g/mol. The van der Waals surface area contributed by atoms with Gasteiger partial charge >= 0.3 is 0 Å². The standard InChI is InChI=1S/C22H26N2O3/c1-15(16-9-7-6-8-10-16)23(3)20(25)14-22(2)18-13-17(27-5)11-12-19(18)24(4)21(22)26/h6-13,15H,14H2,1-5H3/t15-,22-/m0/s1. The van der Waals surface area contributed by atoms with Gasteiger partial charge < -0.3 is 14.5 Å². The number of amides is 2. The molecule has 3 rings (SSSR count). The van der Waals surface area contributed by atoms with Gasteiger partial charge in [-0.2, -0.15) is 0 Å². The van der Waals surface area contributed by atoms with E-state index in [1.807, 2.05) is 62.4 Å². The summed E-state index contributed by atoms with van der Waals surface area (Å²) < 4.78 is 5.33. The smallest absolute Gasteiger partial charge is 0.237 e. The molecule has 1 aliphatic rings. The third-order valence-corrected chi connectivity index (χ3v) is 5.70. The topological polar surface area (TPSA) is 49.9 Å². The lowest BCUT2D eigenvalue weighted by Crippen LogP contribution is -2.41. The van der Waals surface area contributed by atoms with Crippen LogP contribution in [0.5, 0.6) is 5.75 Å². The number of methoxy groups -OCH3 is 1. The molecule has 2 amide bonds. The molecule has 0 N–H and O–H groups in total. The minimum Gasteiger partial charge on any atom is -0.497 e. The molecule has 5 nitrogen and oxygen atoms in total. The molecule has 2 aromatic rings. The third kappa shape index (κ3) is 3.18. The van der Waals surface area contributed by atoms with Crippen molar-refractivity contribution in [1.29, 1.82) is 0 Å². The number of rotatable bonds is 5. The van der Waals surface area contributed by atoms with E-state index in [1.165, 1.54) is 0 Å². The Morgan fingerprint density at radius 2 is 1.89 bits per heavy atom. The fourth-order valence-electron chi connectivity index (χ4n) is 3.74. The zero-order valence-corrected chi connectivity index (χ0v) is 16.5. The van der Waals surface area contributed by atoms with Crippen molar-refractivity contribution in [2.24, 2.45) is 0 Å². The van der Waals surface area contributed by atoms with Crippen molar-refractivity contribution in [2.45, 2.75) is 31.7 Å².